The summed E-state index contributed by atoms with van der Waals surface area (Å²) < 4.78 is 17.6. The molecule has 0 aliphatic carbocycles. The monoisotopic (exact) mass is 1340 g/mol. The first-order valence-electron chi connectivity index (χ1n) is 34.0. The molecular weight excluding hydrogens is 1290 g/mol. The highest BCUT2D eigenvalue weighted by molar-refractivity contribution is 7.26. The highest BCUT2D eigenvalue weighted by Crippen LogP contribution is 2.45. The zero-order valence-electron chi connectivity index (χ0n) is 54.8. The molecule has 6 heterocycles. The van der Waals surface area contributed by atoms with Gasteiger partial charge in [-0.15, -0.1) is 22.7 Å². The molecule has 0 atom stereocenters. The van der Waals surface area contributed by atoms with Gasteiger partial charge in [0, 0.05) is 96.4 Å². The van der Waals surface area contributed by atoms with Crippen LogP contribution in [0.15, 0.2) is 361 Å². The van der Waals surface area contributed by atoms with E-state index in [0.717, 1.165) is 112 Å². The molecule has 20 aromatic rings. The quantitative estimate of drug-likeness (QED) is 0.120. The highest BCUT2D eigenvalue weighted by atomic mass is 32.1. The molecule has 8 nitrogen and oxygen atoms in total. The molecule has 0 saturated heterocycles. The number of fused-ring (bicyclic) bond motifs is 12. The third-order valence-electron chi connectivity index (χ3n) is 19.1. The second-order valence-electron chi connectivity index (χ2n) is 25.3. The van der Waals surface area contributed by atoms with Crippen LogP contribution in [0.5, 0.6) is 0 Å². The van der Waals surface area contributed by atoms with Gasteiger partial charge in [-0.05, 0) is 166 Å². The Morgan fingerprint density at radius 1 is 0.245 bits per heavy atom. The molecule has 0 bridgehead atoms. The smallest absolute Gasteiger partial charge is 0.246 e. The van der Waals surface area contributed by atoms with Gasteiger partial charge in [-0.25, -0.2) is 19.9 Å². The minimum Gasteiger partial charge on any atom is -0.436 e. The van der Waals surface area contributed by atoms with E-state index in [2.05, 4.69) is 313 Å². The molecule has 0 N–H and O–H groups in total. The lowest BCUT2D eigenvalue weighted by Crippen LogP contribution is -2.09. The molecule has 0 saturated carbocycles. The maximum Gasteiger partial charge on any atom is 0.246 e. The van der Waals surface area contributed by atoms with E-state index in [4.69, 9.17) is 28.8 Å². The van der Waals surface area contributed by atoms with Crippen molar-refractivity contribution < 1.29 is 8.83 Å². The average Bonchev–Trinajstić information content (AvgIpc) is 1.56. The van der Waals surface area contributed by atoms with Gasteiger partial charge in [-0.1, -0.05) is 218 Å². The lowest BCUT2D eigenvalue weighted by Gasteiger charge is -2.25. The Kier molecular flexibility index (Phi) is 15.1. The fourth-order valence-corrected chi connectivity index (χ4v) is 16.7. The Balaban J connectivity index is 0.000000141. The van der Waals surface area contributed by atoms with Gasteiger partial charge in [0.25, 0.3) is 0 Å². The predicted octanol–water partition coefficient (Wildman–Crippen LogP) is 26.4. The SMILES string of the molecule is c1ccc(N(c2ccccc2)c2ccc(-c3cnc4oc5ccc(-c6cccc(-c7cccc8c7sc7ccccc78)c6)cc5c4n3)cc2)cc1.c1ccc(N(c2ccccc2)c2cccc(-c3cnc4oc5ccc(-c6cccc(-c7cccc8c7sc7ccccc78)c6)cc5c4n3)c2)cc1. The summed E-state index contributed by atoms with van der Waals surface area (Å²) in [5, 5.41) is 7.12. The van der Waals surface area contributed by atoms with Crippen LogP contribution in [0.1, 0.15) is 0 Å². The maximum absolute atomic E-state index is 6.20. The molecular formula is C92H58N6O2S2. The first-order chi connectivity index (χ1) is 50.5. The van der Waals surface area contributed by atoms with Gasteiger partial charge in [0.05, 0.1) is 23.8 Å². The number of aromatic nitrogens is 4. The van der Waals surface area contributed by atoms with Crippen molar-refractivity contribution in [2.24, 2.45) is 0 Å². The summed E-state index contributed by atoms with van der Waals surface area (Å²) in [5.74, 6) is 0. The Morgan fingerprint density at radius 2 is 0.598 bits per heavy atom. The standard InChI is InChI=1S/2C46H29N3OS/c1-3-15-34(16-4-1)49(35-17-5-2-6-18-35)36-19-10-14-33(27-36)41-29-47-46-44(48-41)40-28-31(24-25-42(40)50-46)30-12-9-13-32(26-30)37-21-11-22-39-38-20-7-8-23-43(38)51-45(37)39;1-3-13-34(14-4-1)49(35-15-5-2-6-16-35)36-24-21-30(22-25-36)41-29-47-46-44(48-41)40-28-32(23-26-42(40)50-46)31-11-9-12-33(27-31)37-18-10-19-39-38-17-7-8-20-43(38)51-45(37)39/h2*1-29H. The van der Waals surface area contributed by atoms with E-state index < -0.39 is 0 Å². The second kappa shape index (κ2) is 25.6. The molecule has 0 aliphatic rings. The van der Waals surface area contributed by atoms with Crippen LogP contribution >= 0.6 is 22.7 Å². The van der Waals surface area contributed by atoms with Crippen LogP contribution in [0.25, 0.3) is 152 Å². The summed E-state index contributed by atoms with van der Waals surface area (Å²) >= 11 is 3.72. The van der Waals surface area contributed by atoms with E-state index in [1.165, 1.54) is 62.6 Å². The number of anilines is 6. The van der Waals surface area contributed by atoms with Crippen molar-refractivity contribution in [2.45, 2.75) is 0 Å². The molecule has 6 aromatic heterocycles. The van der Waals surface area contributed by atoms with Crippen LogP contribution in [0.4, 0.5) is 34.1 Å². The first-order valence-corrected chi connectivity index (χ1v) is 35.6. The highest BCUT2D eigenvalue weighted by Gasteiger charge is 2.21. The Bertz CT molecular complexity index is 6450. The normalized spacial score (nSPS) is 11.5. The van der Waals surface area contributed by atoms with Crippen molar-refractivity contribution in [2.75, 3.05) is 9.80 Å². The van der Waals surface area contributed by atoms with Crippen molar-refractivity contribution in [3.05, 3.63) is 352 Å². The molecule has 0 amide bonds. The minimum absolute atomic E-state index is 0.530. The van der Waals surface area contributed by atoms with Crippen molar-refractivity contribution >= 4 is 142 Å². The minimum atomic E-state index is 0.530. The van der Waals surface area contributed by atoms with Crippen molar-refractivity contribution in [1.82, 2.24) is 19.9 Å². The lowest BCUT2D eigenvalue weighted by atomic mass is 9.97. The topological polar surface area (TPSA) is 84.3 Å². The van der Waals surface area contributed by atoms with Crippen LogP contribution in [0.3, 0.4) is 0 Å². The van der Waals surface area contributed by atoms with Gasteiger partial charge in [0.1, 0.15) is 22.2 Å². The van der Waals surface area contributed by atoms with Crippen LogP contribution < -0.4 is 9.80 Å². The molecule has 0 unspecified atom stereocenters. The second-order valence-corrected chi connectivity index (χ2v) is 27.4. The summed E-state index contributed by atoms with van der Waals surface area (Å²) in [5.41, 5.74) is 23.5. The summed E-state index contributed by atoms with van der Waals surface area (Å²) in [6.45, 7) is 0. The van der Waals surface area contributed by atoms with E-state index >= 15 is 0 Å². The molecule has 480 valence electrons. The lowest BCUT2D eigenvalue weighted by molar-refractivity contribution is 0.652. The predicted molar refractivity (Wildman–Crippen MR) is 426 cm³/mol. The summed E-state index contributed by atoms with van der Waals surface area (Å²) in [4.78, 5) is 24.2. The maximum atomic E-state index is 6.20. The van der Waals surface area contributed by atoms with Gasteiger partial charge in [0.2, 0.25) is 11.4 Å². The molecule has 20 rings (SSSR count). The van der Waals surface area contributed by atoms with Crippen LogP contribution in [0.2, 0.25) is 0 Å². The van der Waals surface area contributed by atoms with Gasteiger partial charge in [0.15, 0.2) is 0 Å². The molecule has 0 spiro atoms. The fourth-order valence-electron chi connectivity index (χ4n) is 14.2. The molecule has 102 heavy (non-hydrogen) atoms. The van der Waals surface area contributed by atoms with E-state index in [1.54, 1.807) is 12.4 Å². The van der Waals surface area contributed by atoms with Crippen molar-refractivity contribution in [1.29, 1.82) is 0 Å². The largest absolute Gasteiger partial charge is 0.436 e. The van der Waals surface area contributed by atoms with Crippen molar-refractivity contribution in [3.63, 3.8) is 0 Å². The van der Waals surface area contributed by atoms with E-state index in [1.807, 2.05) is 59.1 Å². The van der Waals surface area contributed by atoms with Crippen LogP contribution in [0, 0.1) is 0 Å². The molecule has 10 heteroatoms. The number of nitrogens with zero attached hydrogens (tertiary/aromatic N) is 6. The molecule has 0 aliphatic heterocycles. The Morgan fingerprint density at radius 3 is 1.08 bits per heavy atom. The number of thiophene rings is 2. The third-order valence-corrected chi connectivity index (χ3v) is 21.5. The summed E-state index contributed by atoms with van der Waals surface area (Å²) in [6.07, 6.45) is 3.60. The Hall–Kier alpha value is -13.1. The van der Waals surface area contributed by atoms with Crippen molar-refractivity contribution in [3.8, 4) is 67.0 Å². The van der Waals surface area contributed by atoms with E-state index in [0.29, 0.717) is 11.4 Å². The molecule has 14 aromatic carbocycles. The molecule has 0 radical (unpaired) electrons. The summed E-state index contributed by atoms with van der Waals surface area (Å²) in [7, 11) is 0. The van der Waals surface area contributed by atoms with Crippen LogP contribution in [-0.2, 0) is 0 Å². The average molecular weight is 1340 g/mol. The van der Waals surface area contributed by atoms with E-state index in [9.17, 15) is 0 Å². The molecule has 0 fully saturated rings. The zero-order valence-corrected chi connectivity index (χ0v) is 56.4. The number of benzene rings is 14. The number of rotatable bonds is 12. The van der Waals surface area contributed by atoms with Gasteiger partial charge in [-0.2, -0.15) is 0 Å². The zero-order chi connectivity index (χ0) is 67.5. The fraction of sp³-hybridized carbons (Fsp3) is 0. The van der Waals surface area contributed by atoms with Gasteiger partial charge < -0.3 is 18.6 Å². The number of hydrogen-bond acceptors (Lipinski definition) is 10. The number of furan rings is 2. The number of hydrogen-bond donors (Lipinski definition) is 0. The number of para-hydroxylation sites is 4. The Labute approximate surface area is 595 Å². The van der Waals surface area contributed by atoms with Crippen LogP contribution in [-0.4, -0.2) is 19.9 Å². The van der Waals surface area contributed by atoms with Gasteiger partial charge >= 0.3 is 0 Å². The third kappa shape index (κ3) is 11.0. The van der Waals surface area contributed by atoms with Gasteiger partial charge in [-0.3, -0.25) is 0 Å². The summed E-state index contributed by atoms with van der Waals surface area (Å²) in [6, 6.07) is 120. The first kappa shape index (κ1) is 60.1. The van der Waals surface area contributed by atoms with E-state index in [-0.39, 0.29) is 0 Å².